The van der Waals surface area contributed by atoms with E-state index in [4.69, 9.17) is 10.5 Å². The average Bonchev–Trinajstić information content (AvgIpc) is 2.37. The molecule has 0 spiro atoms. The first-order valence-corrected chi connectivity index (χ1v) is 6.21. The van der Waals surface area contributed by atoms with Gasteiger partial charge in [-0.15, -0.1) is 0 Å². The number of ether oxygens (including phenoxy) is 1. The Balaban J connectivity index is 2.17. The van der Waals surface area contributed by atoms with Crippen molar-refractivity contribution in [2.75, 3.05) is 31.3 Å². The molecule has 0 radical (unpaired) electrons. The van der Waals surface area contributed by atoms with Gasteiger partial charge < -0.3 is 10.5 Å². The average molecular weight is 206 g/mol. The summed E-state index contributed by atoms with van der Waals surface area (Å²) in [4.78, 5) is 1.98. The molecule has 2 aliphatic heterocycles. The second-order valence-electron chi connectivity index (χ2n) is 3.55. The van der Waals surface area contributed by atoms with Crippen LogP contribution in [0.15, 0.2) is 0 Å². The van der Waals surface area contributed by atoms with Crippen LogP contribution in [0.3, 0.4) is 0 Å². The van der Waals surface area contributed by atoms with Crippen LogP contribution in [-0.2, 0) is 14.6 Å². The molecule has 0 aromatic rings. The van der Waals surface area contributed by atoms with Gasteiger partial charge in [0.25, 0.3) is 0 Å². The van der Waals surface area contributed by atoms with Gasteiger partial charge in [0.15, 0.2) is 9.84 Å². The number of hydrogen-bond acceptors (Lipinski definition) is 5. The van der Waals surface area contributed by atoms with Crippen molar-refractivity contribution in [1.82, 2.24) is 4.90 Å². The van der Waals surface area contributed by atoms with Crippen LogP contribution in [0.2, 0.25) is 0 Å². The molecule has 0 saturated carbocycles. The van der Waals surface area contributed by atoms with Crippen molar-refractivity contribution in [2.45, 2.75) is 12.1 Å². The molecule has 2 fully saturated rings. The summed E-state index contributed by atoms with van der Waals surface area (Å²) in [6.45, 7) is 1.75. The minimum absolute atomic E-state index is 0.0104. The monoisotopic (exact) mass is 206 g/mol. The summed E-state index contributed by atoms with van der Waals surface area (Å²) in [5.41, 5.74) is 5.52. The minimum Gasteiger partial charge on any atom is -0.374 e. The van der Waals surface area contributed by atoms with Crippen molar-refractivity contribution in [1.29, 1.82) is 0 Å². The summed E-state index contributed by atoms with van der Waals surface area (Å²) in [7, 11) is -2.89. The van der Waals surface area contributed by atoms with E-state index >= 15 is 0 Å². The first kappa shape index (κ1) is 9.39. The molecule has 2 aliphatic rings. The lowest BCUT2D eigenvalue weighted by Crippen LogP contribution is -2.52. The van der Waals surface area contributed by atoms with E-state index in [1.54, 1.807) is 0 Å². The third kappa shape index (κ3) is 1.71. The van der Waals surface area contributed by atoms with Crippen LogP contribution in [0.25, 0.3) is 0 Å². The first-order chi connectivity index (χ1) is 6.12. The van der Waals surface area contributed by atoms with Crippen molar-refractivity contribution in [3.05, 3.63) is 0 Å². The van der Waals surface area contributed by atoms with Gasteiger partial charge in [0, 0.05) is 13.2 Å². The molecule has 2 N–H and O–H groups in total. The lowest BCUT2D eigenvalue weighted by molar-refractivity contribution is -0.0453. The molecule has 2 rings (SSSR count). The summed E-state index contributed by atoms with van der Waals surface area (Å²) < 4.78 is 28.0. The highest BCUT2D eigenvalue weighted by Gasteiger charge is 2.43. The van der Waals surface area contributed by atoms with E-state index in [0.29, 0.717) is 13.3 Å². The summed E-state index contributed by atoms with van der Waals surface area (Å²) in [5, 5.41) is 0. The zero-order chi connectivity index (χ0) is 9.47. The topological polar surface area (TPSA) is 72.6 Å². The molecule has 76 valence electrons. The number of rotatable bonds is 1. The Hall–Kier alpha value is -0.170. The van der Waals surface area contributed by atoms with Gasteiger partial charge in [-0.05, 0) is 0 Å². The van der Waals surface area contributed by atoms with E-state index in [1.807, 2.05) is 4.90 Å². The third-order valence-electron chi connectivity index (χ3n) is 2.69. The van der Waals surface area contributed by atoms with E-state index in [-0.39, 0.29) is 23.7 Å². The second kappa shape index (κ2) is 3.20. The van der Waals surface area contributed by atoms with Gasteiger partial charge in [0.1, 0.15) is 0 Å². The lowest BCUT2D eigenvalue weighted by Gasteiger charge is -2.35. The van der Waals surface area contributed by atoms with Gasteiger partial charge in [-0.25, -0.2) is 8.42 Å². The molecule has 6 heteroatoms. The molecule has 2 unspecified atom stereocenters. The molecule has 0 aliphatic carbocycles. The first-order valence-electron chi connectivity index (χ1n) is 4.38. The van der Waals surface area contributed by atoms with Crippen LogP contribution < -0.4 is 5.73 Å². The molecule has 0 bridgehead atoms. The number of hydrogen-bond donors (Lipinski definition) is 1. The maximum atomic E-state index is 11.3. The van der Waals surface area contributed by atoms with E-state index < -0.39 is 9.84 Å². The Kier molecular flexibility index (Phi) is 2.31. The van der Waals surface area contributed by atoms with Crippen LogP contribution >= 0.6 is 0 Å². The van der Waals surface area contributed by atoms with Gasteiger partial charge in [0.2, 0.25) is 0 Å². The number of nitrogens with zero attached hydrogens (tertiary/aromatic N) is 1. The van der Waals surface area contributed by atoms with Crippen LogP contribution in [0, 0.1) is 0 Å². The van der Waals surface area contributed by atoms with Crippen molar-refractivity contribution >= 4 is 9.84 Å². The molecule has 13 heavy (non-hydrogen) atoms. The summed E-state index contributed by atoms with van der Waals surface area (Å²) >= 11 is 0. The fourth-order valence-electron chi connectivity index (χ4n) is 2.01. The quantitative estimate of drug-likeness (QED) is 0.559. The van der Waals surface area contributed by atoms with Crippen molar-refractivity contribution in [2.24, 2.45) is 5.73 Å². The summed E-state index contributed by atoms with van der Waals surface area (Å²) in [6, 6.07) is -0.0104. The standard InChI is InChI=1S/C7H14N2O3S/c8-5-9-1-2-12-7-4-13(10,11)3-6(7)9/h6-7H,1-5,8H2. The van der Waals surface area contributed by atoms with E-state index in [1.165, 1.54) is 0 Å². The van der Waals surface area contributed by atoms with Crippen molar-refractivity contribution < 1.29 is 13.2 Å². The highest BCUT2D eigenvalue weighted by atomic mass is 32.2. The molecule has 2 atom stereocenters. The summed E-state index contributed by atoms with van der Waals surface area (Å²) in [5.74, 6) is 0.364. The van der Waals surface area contributed by atoms with Crippen LogP contribution in [-0.4, -0.2) is 56.8 Å². The maximum absolute atomic E-state index is 11.3. The van der Waals surface area contributed by atoms with Gasteiger partial charge >= 0.3 is 0 Å². The van der Waals surface area contributed by atoms with Gasteiger partial charge in [0.05, 0.1) is 30.3 Å². The normalized spacial score (nSPS) is 38.8. The Morgan fingerprint density at radius 3 is 2.92 bits per heavy atom. The van der Waals surface area contributed by atoms with Gasteiger partial charge in [-0.3, -0.25) is 4.90 Å². The number of sulfone groups is 1. The minimum atomic E-state index is -2.89. The van der Waals surface area contributed by atoms with Crippen LogP contribution in [0.1, 0.15) is 0 Å². The zero-order valence-electron chi connectivity index (χ0n) is 7.35. The van der Waals surface area contributed by atoms with Crippen LogP contribution in [0.5, 0.6) is 0 Å². The summed E-state index contributed by atoms with van der Waals surface area (Å²) in [6.07, 6.45) is -0.151. The molecule has 2 heterocycles. The number of morpholine rings is 1. The molecular formula is C7H14N2O3S. The number of nitrogens with two attached hydrogens (primary N) is 1. The highest BCUT2D eigenvalue weighted by molar-refractivity contribution is 7.91. The molecule has 0 aromatic heterocycles. The fraction of sp³-hybridized carbons (Fsp3) is 1.00. The predicted octanol–water partition coefficient (Wildman–Crippen LogP) is -1.60. The van der Waals surface area contributed by atoms with Gasteiger partial charge in [-0.2, -0.15) is 0 Å². The van der Waals surface area contributed by atoms with Crippen molar-refractivity contribution in [3.8, 4) is 0 Å². The van der Waals surface area contributed by atoms with E-state index in [0.717, 1.165) is 6.54 Å². The highest BCUT2D eigenvalue weighted by Crippen LogP contribution is 2.23. The molecule has 0 aromatic carbocycles. The Labute approximate surface area is 77.8 Å². The lowest BCUT2D eigenvalue weighted by atomic mass is 10.1. The maximum Gasteiger partial charge on any atom is 0.154 e. The molecule has 0 amide bonds. The second-order valence-corrected chi connectivity index (χ2v) is 5.70. The molecule has 2 saturated heterocycles. The Morgan fingerprint density at radius 1 is 1.46 bits per heavy atom. The predicted molar refractivity (Wildman–Crippen MR) is 47.9 cm³/mol. The zero-order valence-corrected chi connectivity index (χ0v) is 8.16. The SMILES string of the molecule is NCN1CCOC2CS(=O)(=O)CC21. The Bertz CT molecular complexity index is 290. The molecule has 5 nitrogen and oxygen atoms in total. The largest absolute Gasteiger partial charge is 0.374 e. The van der Waals surface area contributed by atoms with E-state index in [2.05, 4.69) is 0 Å². The smallest absolute Gasteiger partial charge is 0.154 e. The van der Waals surface area contributed by atoms with E-state index in [9.17, 15) is 8.42 Å². The van der Waals surface area contributed by atoms with Crippen molar-refractivity contribution in [3.63, 3.8) is 0 Å². The number of fused-ring (bicyclic) bond motifs is 1. The fourth-order valence-corrected chi connectivity index (χ4v) is 3.91. The van der Waals surface area contributed by atoms with Gasteiger partial charge in [-0.1, -0.05) is 0 Å². The third-order valence-corrected chi connectivity index (χ3v) is 4.37. The Morgan fingerprint density at radius 2 is 2.23 bits per heavy atom. The van der Waals surface area contributed by atoms with Crippen LogP contribution in [0.4, 0.5) is 0 Å². The molecular weight excluding hydrogens is 192 g/mol.